The number of imide groups is 1. The van der Waals surface area contributed by atoms with Crippen molar-refractivity contribution in [1.29, 1.82) is 0 Å². The van der Waals surface area contributed by atoms with E-state index in [9.17, 15) is 38.9 Å². The standard InChI is InChI=1S/C30H31BN6O10S/c1-2-11-36-12-13-37(26(40)25(36)39)29(43)34-22(20-16-48-28(32-20)35-30(44)46-15-17-7-4-3-5-8-17)24(38)33-21-14-18-9-6-10-19(27(41)42)23(18)47-31(21)45/h3-10,16,21-22,45H,2,11-15H2,1H3,(H,33,38)(H,34,43)(H,41,42)(H,32,35,44)/t21-,22?/m0/s1. The molecule has 1 aromatic heterocycles. The first kappa shape index (κ1) is 33.9. The summed E-state index contributed by atoms with van der Waals surface area (Å²) in [6.45, 7) is 2.18. The fraction of sp³-hybridized carbons (Fsp3) is 0.300. The molecule has 3 heterocycles. The molecule has 1 saturated heterocycles. The summed E-state index contributed by atoms with van der Waals surface area (Å²) in [5, 5.41) is 29.1. The smallest absolute Gasteiger partial charge is 0.534 e. The summed E-state index contributed by atoms with van der Waals surface area (Å²) in [6, 6.07) is 10.8. The number of ether oxygens (including phenoxy) is 1. The zero-order valence-electron chi connectivity index (χ0n) is 25.6. The summed E-state index contributed by atoms with van der Waals surface area (Å²) in [6.07, 6.45) is -0.222. The van der Waals surface area contributed by atoms with Gasteiger partial charge in [0, 0.05) is 25.0 Å². The van der Waals surface area contributed by atoms with Gasteiger partial charge in [0.2, 0.25) is 5.91 Å². The minimum Gasteiger partial charge on any atom is -0.534 e. The molecule has 2 aromatic carbocycles. The van der Waals surface area contributed by atoms with E-state index in [-0.39, 0.29) is 48.3 Å². The summed E-state index contributed by atoms with van der Waals surface area (Å²) < 4.78 is 10.7. The Kier molecular flexibility index (Phi) is 10.5. The van der Waals surface area contributed by atoms with E-state index in [4.69, 9.17) is 9.39 Å². The highest BCUT2D eigenvalue weighted by atomic mass is 32.1. The van der Waals surface area contributed by atoms with Crippen molar-refractivity contribution in [3.8, 4) is 5.75 Å². The fourth-order valence-electron chi connectivity index (χ4n) is 5.13. The summed E-state index contributed by atoms with van der Waals surface area (Å²) in [5.74, 6) is -5.16. The molecule has 48 heavy (non-hydrogen) atoms. The van der Waals surface area contributed by atoms with Gasteiger partial charge in [-0.15, -0.1) is 11.3 Å². The fourth-order valence-corrected chi connectivity index (χ4v) is 5.85. The zero-order valence-corrected chi connectivity index (χ0v) is 26.4. The number of para-hydroxylation sites is 1. The first-order valence-electron chi connectivity index (χ1n) is 14.9. The lowest BCUT2D eigenvalue weighted by molar-refractivity contribution is -0.153. The Bertz CT molecular complexity index is 1720. The number of benzene rings is 2. The molecule has 0 bridgehead atoms. The third-order valence-corrected chi connectivity index (χ3v) is 8.27. The Morgan fingerprint density at radius 3 is 2.60 bits per heavy atom. The zero-order chi connectivity index (χ0) is 34.4. The van der Waals surface area contributed by atoms with Gasteiger partial charge in [0.25, 0.3) is 0 Å². The maximum atomic E-state index is 13.7. The van der Waals surface area contributed by atoms with Gasteiger partial charge in [0.15, 0.2) is 11.2 Å². The van der Waals surface area contributed by atoms with Crippen LogP contribution in [0.4, 0.5) is 14.7 Å². The summed E-state index contributed by atoms with van der Waals surface area (Å²) in [5.41, 5.74) is 0.970. The van der Waals surface area contributed by atoms with E-state index in [0.29, 0.717) is 23.4 Å². The summed E-state index contributed by atoms with van der Waals surface area (Å²) in [7, 11) is -1.66. The van der Waals surface area contributed by atoms with Crippen molar-refractivity contribution in [3.63, 3.8) is 0 Å². The number of aromatic carboxylic acids is 1. The van der Waals surface area contributed by atoms with Gasteiger partial charge in [-0.2, -0.15) is 0 Å². The molecule has 18 heteroatoms. The molecule has 0 spiro atoms. The molecule has 0 aliphatic carbocycles. The van der Waals surface area contributed by atoms with Gasteiger partial charge in [-0.25, -0.2) is 19.4 Å². The second-order valence-electron chi connectivity index (χ2n) is 10.8. The number of anilines is 1. The van der Waals surface area contributed by atoms with E-state index < -0.39 is 54.9 Å². The molecule has 2 aliphatic heterocycles. The van der Waals surface area contributed by atoms with Crippen LogP contribution in [0.2, 0.25) is 0 Å². The molecule has 0 saturated carbocycles. The number of thiazole rings is 1. The monoisotopic (exact) mass is 678 g/mol. The molecule has 3 aromatic rings. The number of aromatic nitrogens is 1. The topological polar surface area (TPSA) is 217 Å². The van der Waals surface area contributed by atoms with Crippen LogP contribution in [-0.4, -0.2) is 93.4 Å². The predicted octanol–water partition coefficient (Wildman–Crippen LogP) is 1.56. The number of rotatable bonds is 10. The highest BCUT2D eigenvalue weighted by Crippen LogP contribution is 2.30. The van der Waals surface area contributed by atoms with Crippen LogP contribution in [0.3, 0.4) is 0 Å². The van der Waals surface area contributed by atoms with Crippen molar-refractivity contribution in [2.75, 3.05) is 25.0 Å². The van der Waals surface area contributed by atoms with Gasteiger partial charge in [0.05, 0.1) is 17.2 Å². The summed E-state index contributed by atoms with van der Waals surface area (Å²) in [4.78, 5) is 82.8. The van der Waals surface area contributed by atoms with Gasteiger partial charge in [0.1, 0.15) is 12.4 Å². The Labute approximate surface area is 278 Å². The number of amides is 6. The van der Waals surface area contributed by atoms with Crippen molar-refractivity contribution in [1.82, 2.24) is 25.4 Å². The van der Waals surface area contributed by atoms with Gasteiger partial charge in [-0.1, -0.05) is 49.4 Å². The van der Waals surface area contributed by atoms with E-state index >= 15 is 0 Å². The van der Waals surface area contributed by atoms with Crippen LogP contribution in [0.1, 0.15) is 46.6 Å². The minimum absolute atomic E-state index is 0.00681. The molecular formula is C30H31BN6O10S. The predicted molar refractivity (Wildman–Crippen MR) is 170 cm³/mol. The number of carboxylic acid groups (broad SMARTS) is 1. The Hall–Kier alpha value is -5.49. The third kappa shape index (κ3) is 7.72. The Balaban J connectivity index is 1.33. The Morgan fingerprint density at radius 2 is 1.88 bits per heavy atom. The number of hydrogen-bond acceptors (Lipinski definition) is 11. The van der Waals surface area contributed by atoms with Crippen molar-refractivity contribution in [3.05, 3.63) is 76.3 Å². The highest BCUT2D eigenvalue weighted by molar-refractivity contribution is 7.13. The lowest BCUT2D eigenvalue weighted by atomic mass is 9.72. The van der Waals surface area contributed by atoms with Crippen LogP contribution in [0.5, 0.6) is 5.75 Å². The number of fused-ring (bicyclic) bond motifs is 1. The average Bonchev–Trinajstić information content (AvgIpc) is 3.53. The minimum atomic E-state index is -1.66. The van der Waals surface area contributed by atoms with Crippen LogP contribution in [0.15, 0.2) is 53.9 Å². The van der Waals surface area contributed by atoms with E-state index in [1.807, 2.05) is 13.0 Å². The van der Waals surface area contributed by atoms with Gasteiger partial charge in [-0.3, -0.25) is 24.6 Å². The third-order valence-electron chi connectivity index (χ3n) is 7.49. The van der Waals surface area contributed by atoms with Crippen LogP contribution in [-0.2, 0) is 32.1 Å². The van der Waals surface area contributed by atoms with Crippen molar-refractivity contribution in [2.24, 2.45) is 0 Å². The molecule has 5 rings (SSSR count). The van der Waals surface area contributed by atoms with Gasteiger partial charge < -0.3 is 35.1 Å². The molecule has 1 unspecified atom stereocenters. The normalized spacial score (nSPS) is 16.4. The van der Waals surface area contributed by atoms with Crippen LogP contribution < -0.4 is 20.6 Å². The SMILES string of the molecule is CCCN1CCN(C(=O)NC(C(=O)N[C@H]2Cc3cccc(C(=O)O)c3OB2O)c2csc(NC(=O)OCc3ccccc3)n2)C(=O)C1=O. The van der Waals surface area contributed by atoms with E-state index in [1.165, 1.54) is 22.4 Å². The molecule has 16 nitrogen and oxygen atoms in total. The van der Waals surface area contributed by atoms with Gasteiger partial charge >= 0.3 is 37.0 Å². The number of urea groups is 1. The largest absolute Gasteiger partial charge is 0.547 e. The maximum absolute atomic E-state index is 13.7. The first-order valence-corrected chi connectivity index (χ1v) is 15.8. The number of carbonyl (C=O) groups is 6. The van der Waals surface area contributed by atoms with Crippen molar-refractivity contribution in [2.45, 2.75) is 38.4 Å². The second kappa shape index (κ2) is 14.9. The van der Waals surface area contributed by atoms with E-state index in [1.54, 1.807) is 30.3 Å². The molecule has 2 aliphatic rings. The molecular weight excluding hydrogens is 647 g/mol. The molecule has 2 atom stereocenters. The van der Waals surface area contributed by atoms with Crippen LogP contribution >= 0.6 is 11.3 Å². The van der Waals surface area contributed by atoms with E-state index in [2.05, 4.69) is 20.9 Å². The van der Waals surface area contributed by atoms with Crippen molar-refractivity contribution >= 4 is 59.4 Å². The molecule has 6 amide bonds. The second-order valence-corrected chi connectivity index (χ2v) is 11.7. The summed E-state index contributed by atoms with van der Waals surface area (Å²) >= 11 is 0.931. The number of nitrogens with zero attached hydrogens (tertiary/aromatic N) is 3. The molecule has 0 radical (unpaired) electrons. The Morgan fingerprint density at radius 1 is 1.10 bits per heavy atom. The lowest BCUT2D eigenvalue weighted by Crippen LogP contribution is -2.60. The van der Waals surface area contributed by atoms with E-state index in [0.717, 1.165) is 16.9 Å². The number of piperazine rings is 1. The molecule has 5 N–H and O–H groups in total. The molecule has 1 fully saturated rings. The highest BCUT2D eigenvalue weighted by Gasteiger charge is 2.41. The molecule has 250 valence electrons. The van der Waals surface area contributed by atoms with Crippen LogP contribution in [0.25, 0.3) is 0 Å². The number of nitrogens with one attached hydrogen (secondary N) is 3. The van der Waals surface area contributed by atoms with Crippen molar-refractivity contribution < 1.29 is 48.3 Å². The number of carboxylic acids is 1. The average molecular weight is 678 g/mol. The lowest BCUT2D eigenvalue weighted by Gasteiger charge is -2.33. The van der Waals surface area contributed by atoms with Gasteiger partial charge in [-0.05, 0) is 30.0 Å². The number of hydrogen-bond donors (Lipinski definition) is 5. The quantitative estimate of drug-likeness (QED) is 0.153. The van der Waals surface area contributed by atoms with Crippen LogP contribution in [0, 0.1) is 0 Å². The maximum Gasteiger partial charge on any atom is 0.547 e. The number of carbonyl (C=O) groups excluding carboxylic acids is 5. The first-order chi connectivity index (χ1) is 23.0.